The normalized spacial score (nSPS) is 22.8. The molecule has 3 heterocycles. The van der Waals surface area contributed by atoms with E-state index < -0.39 is 0 Å². The van der Waals surface area contributed by atoms with E-state index in [-0.39, 0.29) is 5.41 Å². The molecule has 6 heteroatoms. The third-order valence-corrected chi connectivity index (χ3v) is 3.78. The summed E-state index contributed by atoms with van der Waals surface area (Å²) in [5, 5.41) is 7.37. The molecule has 1 N–H and O–H groups in total. The molecular formula is C13H17N5O. The first-order valence-electron chi connectivity index (χ1n) is 6.57. The van der Waals surface area contributed by atoms with Crippen molar-refractivity contribution in [2.24, 2.45) is 0 Å². The molecule has 1 saturated heterocycles. The van der Waals surface area contributed by atoms with Gasteiger partial charge in [0.1, 0.15) is 0 Å². The fourth-order valence-corrected chi connectivity index (χ4v) is 2.42. The largest absolute Gasteiger partial charge is 0.338 e. The molecule has 2 aromatic rings. The molecule has 1 atom stereocenters. The molecule has 1 fully saturated rings. The van der Waals surface area contributed by atoms with Gasteiger partial charge in [-0.3, -0.25) is 0 Å². The van der Waals surface area contributed by atoms with E-state index in [9.17, 15) is 0 Å². The molecule has 0 amide bonds. The van der Waals surface area contributed by atoms with E-state index in [2.05, 4.69) is 32.3 Å². The lowest BCUT2D eigenvalue weighted by atomic mass is 9.84. The maximum Gasteiger partial charge on any atom is 0.240 e. The van der Waals surface area contributed by atoms with Crippen LogP contribution in [-0.2, 0) is 5.41 Å². The predicted octanol–water partition coefficient (Wildman–Crippen LogP) is 1.48. The van der Waals surface area contributed by atoms with Crippen LogP contribution in [0.1, 0.15) is 31.2 Å². The van der Waals surface area contributed by atoms with Gasteiger partial charge in [-0.1, -0.05) is 12.1 Å². The second-order valence-electron chi connectivity index (χ2n) is 5.07. The molecule has 6 nitrogen and oxygen atoms in total. The van der Waals surface area contributed by atoms with Crippen LogP contribution in [0.5, 0.6) is 0 Å². The summed E-state index contributed by atoms with van der Waals surface area (Å²) >= 11 is 0. The number of aryl methyl sites for hydroxylation is 1. The van der Waals surface area contributed by atoms with Gasteiger partial charge in [-0.2, -0.15) is 4.98 Å². The lowest BCUT2D eigenvalue weighted by Gasteiger charge is -2.20. The number of aromatic nitrogens is 4. The smallest absolute Gasteiger partial charge is 0.240 e. The molecule has 0 saturated carbocycles. The Labute approximate surface area is 111 Å². The first-order valence-corrected chi connectivity index (χ1v) is 6.57. The van der Waals surface area contributed by atoms with Crippen molar-refractivity contribution in [1.82, 2.24) is 25.4 Å². The number of hydrogen-bond acceptors (Lipinski definition) is 6. The first-order chi connectivity index (χ1) is 9.23. The molecule has 1 aliphatic heterocycles. The summed E-state index contributed by atoms with van der Waals surface area (Å²) in [6.45, 7) is 5.98. The van der Waals surface area contributed by atoms with E-state index in [1.54, 1.807) is 12.4 Å². The number of hydrogen-bond donors (Lipinski definition) is 1. The summed E-state index contributed by atoms with van der Waals surface area (Å²) < 4.78 is 5.45. The molecule has 0 aromatic carbocycles. The lowest BCUT2D eigenvalue weighted by molar-refractivity contribution is 0.285. The highest BCUT2D eigenvalue weighted by atomic mass is 16.5. The second kappa shape index (κ2) is 4.70. The third-order valence-electron chi connectivity index (χ3n) is 3.78. The fourth-order valence-electron chi connectivity index (χ4n) is 2.42. The zero-order valence-electron chi connectivity index (χ0n) is 11.2. The predicted molar refractivity (Wildman–Crippen MR) is 69.5 cm³/mol. The van der Waals surface area contributed by atoms with Crippen molar-refractivity contribution in [2.75, 3.05) is 13.1 Å². The van der Waals surface area contributed by atoms with Crippen LogP contribution in [-0.4, -0.2) is 33.2 Å². The summed E-state index contributed by atoms with van der Waals surface area (Å²) in [7, 11) is 0. The van der Waals surface area contributed by atoms with Gasteiger partial charge in [-0.15, -0.1) is 0 Å². The van der Waals surface area contributed by atoms with Gasteiger partial charge in [0.25, 0.3) is 0 Å². The molecule has 19 heavy (non-hydrogen) atoms. The van der Waals surface area contributed by atoms with Gasteiger partial charge >= 0.3 is 0 Å². The van der Waals surface area contributed by atoms with Crippen molar-refractivity contribution in [1.29, 1.82) is 0 Å². The minimum absolute atomic E-state index is 0.0318. The molecule has 3 rings (SSSR count). The Bertz CT molecular complexity index is 557. The van der Waals surface area contributed by atoms with Crippen LogP contribution in [0.25, 0.3) is 11.6 Å². The van der Waals surface area contributed by atoms with Crippen molar-refractivity contribution in [3.05, 3.63) is 23.8 Å². The highest BCUT2D eigenvalue weighted by Gasteiger charge is 2.39. The number of rotatable bonds is 3. The van der Waals surface area contributed by atoms with E-state index in [0.29, 0.717) is 17.5 Å². The minimum atomic E-state index is -0.0318. The van der Waals surface area contributed by atoms with Crippen LogP contribution < -0.4 is 5.32 Å². The Morgan fingerprint density at radius 2 is 2.11 bits per heavy atom. The van der Waals surface area contributed by atoms with E-state index in [0.717, 1.165) is 31.5 Å². The van der Waals surface area contributed by atoms with Crippen LogP contribution in [0, 0.1) is 6.92 Å². The van der Waals surface area contributed by atoms with E-state index in [1.165, 1.54) is 0 Å². The summed E-state index contributed by atoms with van der Waals surface area (Å²) in [6.07, 6.45) is 5.52. The zero-order valence-corrected chi connectivity index (χ0v) is 11.2. The Balaban J connectivity index is 1.92. The second-order valence-corrected chi connectivity index (χ2v) is 5.07. The van der Waals surface area contributed by atoms with E-state index in [1.807, 2.05) is 6.92 Å². The number of nitrogens with zero attached hydrogens (tertiary/aromatic N) is 4. The van der Waals surface area contributed by atoms with E-state index >= 15 is 0 Å². The molecule has 1 unspecified atom stereocenters. The van der Waals surface area contributed by atoms with E-state index in [4.69, 9.17) is 4.52 Å². The monoisotopic (exact) mass is 259 g/mol. The molecule has 0 radical (unpaired) electrons. The van der Waals surface area contributed by atoms with Gasteiger partial charge < -0.3 is 9.84 Å². The third kappa shape index (κ3) is 2.12. The van der Waals surface area contributed by atoms with Gasteiger partial charge in [0, 0.05) is 18.9 Å². The molecule has 0 spiro atoms. The van der Waals surface area contributed by atoms with Crippen molar-refractivity contribution >= 4 is 0 Å². The van der Waals surface area contributed by atoms with Crippen LogP contribution in [0.4, 0.5) is 0 Å². The molecule has 100 valence electrons. The van der Waals surface area contributed by atoms with Gasteiger partial charge in [0.05, 0.1) is 5.41 Å². The zero-order chi connectivity index (χ0) is 13.3. The van der Waals surface area contributed by atoms with Crippen molar-refractivity contribution < 1.29 is 4.52 Å². The van der Waals surface area contributed by atoms with Crippen LogP contribution in [0.15, 0.2) is 16.9 Å². The maximum absolute atomic E-state index is 5.45. The summed E-state index contributed by atoms with van der Waals surface area (Å²) in [4.78, 5) is 12.9. The molecular weight excluding hydrogens is 242 g/mol. The van der Waals surface area contributed by atoms with Gasteiger partial charge in [-0.25, -0.2) is 9.97 Å². The Morgan fingerprint density at radius 1 is 1.32 bits per heavy atom. The fraction of sp³-hybridized carbons (Fsp3) is 0.538. The Morgan fingerprint density at radius 3 is 2.74 bits per heavy atom. The summed E-state index contributed by atoms with van der Waals surface area (Å²) in [6, 6.07) is 0. The van der Waals surface area contributed by atoms with Gasteiger partial charge in [0.2, 0.25) is 17.5 Å². The SMILES string of the molecule is CCC1(c2nc(-c3ncc(C)cn3)no2)CCNC1. The molecule has 1 aliphatic rings. The molecule has 2 aromatic heterocycles. The Hall–Kier alpha value is -1.82. The average Bonchev–Trinajstić information content (AvgIpc) is 3.09. The minimum Gasteiger partial charge on any atom is -0.338 e. The van der Waals surface area contributed by atoms with Crippen molar-refractivity contribution in [2.45, 2.75) is 32.1 Å². The average molecular weight is 259 g/mol. The Kier molecular flexibility index (Phi) is 3.02. The summed E-state index contributed by atoms with van der Waals surface area (Å²) in [5.41, 5.74) is 0.980. The highest BCUT2D eigenvalue weighted by molar-refractivity contribution is 5.41. The van der Waals surface area contributed by atoms with Gasteiger partial charge in [-0.05, 0) is 31.9 Å². The van der Waals surface area contributed by atoms with Crippen LogP contribution in [0.2, 0.25) is 0 Å². The first kappa shape index (κ1) is 12.2. The van der Waals surface area contributed by atoms with Crippen LogP contribution >= 0.6 is 0 Å². The quantitative estimate of drug-likeness (QED) is 0.899. The molecule has 0 bridgehead atoms. The van der Waals surface area contributed by atoms with Gasteiger partial charge in [0.15, 0.2) is 0 Å². The molecule has 0 aliphatic carbocycles. The lowest BCUT2D eigenvalue weighted by Crippen LogP contribution is -2.28. The van der Waals surface area contributed by atoms with Crippen molar-refractivity contribution in [3.8, 4) is 11.6 Å². The highest BCUT2D eigenvalue weighted by Crippen LogP contribution is 2.33. The number of nitrogens with one attached hydrogen (secondary N) is 1. The topological polar surface area (TPSA) is 76.7 Å². The maximum atomic E-state index is 5.45. The van der Waals surface area contributed by atoms with Crippen molar-refractivity contribution in [3.63, 3.8) is 0 Å². The standard InChI is InChI=1S/C13H17N5O/c1-3-13(4-5-14-8-13)12-17-11(18-19-12)10-15-6-9(2)7-16-10/h6-7,14H,3-5,8H2,1-2H3. The summed E-state index contributed by atoms with van der Waals surface area (Å²) in [5.74, 6) is 1.67. The van der Waals surface area contributed by atoms with Crippen LogP contribution in [0.3, 0.4) is 0 Å².